The number of aromatic nitrogens is 2. The molecule has 1 aromatic heterocycles. The average molecular weight is 236 g/mol. The molecule has 90 valence electrons. The molecular weight excluding hydrogens is 223 g/mol. The molecule has 5 heteroatoms. The molecule has 0 bridgehead atoms. The molecule has 0 fully saturated rings. The van der Waals surface area contributed by atoms with E-state index in [0.29, 0.717) is 16.7 Å². The van der Waals surface area contributed by atoms with E-state index in [1.165, 1.54) is 19.2 Å². The Balaban J connectivity index is 2.76. The van der Waals surface area contributed by atoms with Crippen LogP contribution < -0.4 is 10.3 Å². The third-order valence-electron chi connectivity index (χ3n) is 2.54. The molecule has 0 saturated heterocycles. The molecule has 0 aliphatic carbocycles. The number of nitrogens with one attached hydrogen (secondary N) is 1. The van der Waals surface area contributed by atoms with Crippen molar-refractivity contribution in [3.63, 3.8) is 0 Å². The Labute approximate surface area is 97.5 Å². The van der Waals surface area contributed by atoms with Crippen LogP contribution in [0.1, 0.15) is 25.5 Å². The van der Waals surface area contributed by atoms with Crippen LogP contribution in [-0.4, -0.2) is 17.1 Å². The van der Waals surface area contributed by atoms with Gasteiger partial charge in [-0.05, 0) is 0 Å². The average Bonchev–Trinajstić information content (AvgIpc) is 2.27. The van der Waals surface area contributed by atoms with Gasteiger partial charge in [0, 0.05) is 18.1 Å². The fraction of sp³-hybridized carbons (Fsp3) is 0.333. The first kappa shape index (κ1) is 11.6. The molecule has 1 heterocycles. The molecule has 0 amide bonds. The van der Waals surface area contributed by atoms with Crippen molar-refractivity contribution >= 4 is 11.0 Å². The summed E-state index contributed by atoms with van der Waals surface area (Å²) in [6, 6.07) is 2.69. The smallest absolute Gasteiger partial charge is 0.270 e. The number of rotatable bonds is 2. The second kappa shape index (κ2) is 4.16. The summed E-state index contributed by atoms with van der Waals surface area (Å²) in [7, 11) is 1.39. The second-order valence-corrected chi connectivity index (χ2v) is 4.11. The van der Waals surface area contributed by atoms with Crippen LogP contribution in [0.4, 0.5) is 4.39 Å². The monoisotopic (exact) mass is 236 g/mol. The minimum absolute atomic E-state index is 0.0131. The highest BCUT2D eigenvalue weighted by atomic mass is 19.1. The summed E-state index contributed by atoms with van der Waals surface area (Å²) in [5, 5.41) is 0. The maximum atomic E-state index is 13.4. The summed E-state index contributed by atoms with van der Waals surface area (Å²) in [5.74, 6) is -0.388. The van der Waals surface area contributed by atoms with Gasteiger partial charge in [0.15, 0.2) is 11.6 Å². The molecule has 1 aromatic carbocycles. The summed E-state index contributed by atoms with van der Waals surface area (Å²) >= 11 is 0. The normalized spacial score (nSPS) is 11.1. The summed E-state index contributed by atoms with van der Waals surface area (Å²) in [6.45, 7) is 3.76. The van der Waals surface area contributed by atoms with Crippen LogP contribution in [0.3, 0.4) is 0 Å². The topological polar surface area (TPSA) is 55.0 Å². The number of hydrogen-bond donors (Lipinski definition) is 1. The Morgan fingerprint density at radius 3 is 2.71 bits per heavy atom. The van der Waals surface area contributed by atoms with Gasteiger partial charge >= 0.3 is 0 Å². The summed E-state index contributed by atoms with van der Waals surface area (Å²) in [4.78, 5) is 18.5. The lowest BCUT2D eigenvalue weighted by Gasteiger charge is -2.07. The highest BCUT2D eigenvalue weighted by Gasteiger charge is 2.11. The number of fused-ring (bicyclic) bond motifs is 1. The van der Waals surface area contributed by atoms with Crippen molar-refractivity contribution in [3.8, 4) is 5.75 Å². The number of aromatic amines is 1. The Morgan fingerprint density at radius 2 is 2.12 bits per heavy atom. The van der Waals surface area contributed by atoms with E-state index in [-0.39, 0.29) is 17.2 Å². The molecule has 1 N–H and O–H groups in total. The Kier molecular flexibility index (Phi) is 2.83. The van der Waals surface area contributed by atoms with Gasteiger partial charge in [0.05, 0.1) is 18.1 Å². The van der Waals surface area contributed by atoms with Crippen LogP contribution in [0, 0.1) is 5.82 Å². The van der Waals surface area contributed by atoms with Gasteiger partial charge in [-0.3, -0.25) is 4.79 Å². The number of hydrogen-bond acceptors (Lipinski definition) is 3. The lowest BCUT2D eigenvalue weighted by atomic mass is 10.1. The van der Waals surface area contributed by atoms with E-state index in [1.54, 1.807) is 0 Å². The predicted octanol–water partition coefficient (Wildman–Crippen LogP) is 2.19. The zero-order chi connectivity index (χ0) is 12.6. The van der Waals surface area contributed by atoms with Gasteiger partial charge in [-0.15, -0.1) is 0 Å². The largest absolute Gasteiger partial charge is 0.494 e. The molecule has 2 aromatic rings. The van der Waals surface area contributed by atoms with E-state index < -0.39 is 5.82 Å². The number of H-pyrrole nitrogens is 1. The highest BCUT2D eigenvalue weighted by Crippen LogP contribution is 2.22. The van der Waals surface area contributed by atoms with Gasteiger partial charge in [0.2, 0.25) is 0 Å². The van der Waals surface area contributed by atoms with Gasteiger partial charge in [-0.1, -0.05) is 13.8 Å². The maximum absolute atomic E-state index is 13.4. The van der Waals surface area contributed by atoms with Crippen LogP contribution in [0.5, 0.6) is 5.75 Å². The van der Waals surface area contributed by atoms with Gasteiger partial charge in [0.1, 0.15) is 5.69 Å². The van der Waals surface area contributed by atoms with Gasteiger partial charge in [-0.25, -0.2) is 9.37 Å². The van der Waals surface area contributed by atoms with Crippen LogP contribution in [-0.2, 0) is 0 Å². The third kappa shape index (κ3) is 2.00. The first-order valence-electron chi connectivity index (χ1n) is 5.30. The van der Waals surface area contributed by atoms with Crippen LogP contribution >= 0.6 is 0 Å². The van der Waals surface area contributed by atoms with E-state index in [9.17, 15) is 9.18 Å². The number of methoxy groups -OCH3 is 1. The zero-order valence-electron chi connectivity index (χ0n) is 9.87. The molecule has 0 spiro atoms. The molecule has 0 aliphatic rings. The van der Waals surface area contributed by atoms with Crippen LogP contribution in [0.15, 0.2) is 16.9 Å². The quantitative estimate of drug-likeness (QED) is 0.869. The Morgan fingerprint density at radius 1 is 1.41 bits per heavy atom. The van der Waals surface area contributed by atoms with E-state index in [2.05, 4.69) is 9.97 Å². The number of ether oxygens (including phenoxy) is 1. The third-order valence-corrected chi connectivity index (χ3v) is 2.54. The number of nitrogens with zero attached hydrogens (tertiary/aromatic N) is 1. The Hall–Kier alpha value is -1.91. The first-order valence-corrected chi connectivity index (χ1v) is 5.30. The highest BCUT2D eigenvalue weighted by molar-refractivity contribution is 5.76. The van der Waals surface area contributed by atoms with Gasteiger partial charge in [0.25, 0.3) is 5.56 Å². The molecule has 0 aliphatic heterocycles. The van der Waals surface area contributed by atoms with Crippen molar-refractivity contribution in [3.05, 3.63) is 34.0 Å². The molecule has 0 unspecified atom stereocenters. The molecule has 0 atom stereocenters. The lowest BCUT2D eigenvalue weighted by Crippen LogP contribution is -2.16. The minimum Gasteiger partial charge on any atom is -0.494 e. The standard InChI is InChI=1S/C12H13FN2O2/c1-6(2)11-12(16)15-8-4-7(13)10(17-3)5-9(8)14-11/h4-6H,1-3H3,(H,15,16). The van der Waals surface area contributed by atoms with E-state index in [1.807, 2.05) is 13.8 Å². The fourth-order valence-corrected chi connectivity index (χ4v) is 1.65. The van der Waals surface area contributed by atoms with Crippen molar-refractivity contribution in [2.24, 2.45) is 0 Å². The molecular formula is C12H13FN2O2. The predicted molar refractivity (Wildman–Crippen MR) is 63.0 cm³/mol. The zero-order valence-corrected chi connectivity index (χ0v) is 9.87. The van der Waals surface area contributed by atoms with Crippen molar-refractivity contribution in [2.75, 3.05) is 7.11 Å². The number of halogens is 1. The second-order valence-electron chi connectivity index (χ2n) is 4.11. The van der Waals surface area contributed by atoms with E-state index in [4.69, 9.17) is 4.74 Å². The Bertz CT molecular complexity index is 620. The molecule has 17 heavy (non-hydrogen) atoms. The van der Waals surface area contributed by atoms with Crippen molar-refractivity contribution in [1.29, 1.82) is 0 Å². The maximum Gasteiger partial charge on any atom is 0.270 e. The summed E-state index contributed by atoms with van der Waals surface area (Å²) in [5.41, 5.74) is 1.05. The van der Waals surface area contributed by atoms with Gasteiger partial charge < -0.3 is 9.72 Å². The SMILES string of the molecule is COc1cc2nc(C(C)C)c(=O)[nH]c2cc1F. The van der Waals surface area contributed by atoms with Crippen LogP contribution in [0.25, 0.3) is 11.0 Å². The summed E-state index contributed by atoms with van der Waals surface area (Å²) < 4.78 is 18.3. The molecule has 4 nitrogen and oxygen atoms in total. The van der Waals surface area contributed by atoms with Crippen molar-refractivity contribution < 1.29 is 9.13 Å². The van der Waals surface area contributed by atoms with Crippen LogP contribution in [0.2, 0.25) is 0 Å². The molecule has 0 saturated carbocycles. The van der Waals surface area contributed by atoms with E-state index in [0.717, 1.165) is 0 Å². The number of benzene rings is 1. The summed E-state index contributed by atoms with van der Waals surface area (Å²) in [6.07, 6.45) is 0. The van der Waals surface area contributed by atoms with Crippen molar-refractivity contribution in [1.82, 2.24) is 9.97 Å². The van der Waals surface area contributed by atoms with Gasteiger partial charge in [-0.2, -0.15) is 0 Å². The lowest BCUT2D eigenvalue weighted by molar-refractivity contribution is 0.387. The first-order chi connectivity index (χ1) is 8.02. The van der Waals surface area contributed by atoms with Crippen molar-refractivity contribution in [2.45, 2.75) is 19.8 Å². The fourth-order valence-electron chi connectivity index (χ4n) is 1.65. The minimum atomic E-state index is -0.519. The molecule has 2 rings (SSSR count). The molecule has 0 radical (unpaired) electrons. The van der Waals surface area contributed by atoms with E-state index >= 15 is 0 Å².